The molecule has 0 atom stereocenters. The monoisotopic (exact) mass is 619 g/mol. The van der Waals surface area contributed by atoms with Gasteiger partial charge in [0.2, 0.25) is 0 Å². The van der Waals surface area contributed by atoms with E-state index in [1.54, 1.807) is 0 Å². The van der Waals surface area contributed by atoms with Gasteiger partial charge in [-0.05, 0) is 84.5 Å². The lowest BCUT2D eigenvalue weighted by Crippen LogP contribution is -2.37. The Labute approximate surface area is 278 Å². The van der Waals surface area contributed by atoms with Crippen LogP contribution in [-0.4, -0.2) is 15.0 Å². The number of furan rings is 1. The van der Waals surface area contributed by atoms with Gasteiger partial charge in [0.15, 0.2) is 17.5 Å². The van der Waals surface area contributed by atoms with Gasteiger partial charge in [0.25, 0.3) is 0 Å². The van der Waals surface area contributed by atoms with Gasteiger partial charge in [0.05, 0.1) is 0 Å². The molecule has 47 heavy (non-hydrogen) atoms. The summed E-state index contributed by atoms with van der Waals surface area (Å²) in [7, 11) is 0. The molecule has 0 N–H and O–H groups in total. The van der Waals surface area contributed by atoms with Gasteiger partial charge in [-0.15, -0.1) is 0 Å². The van der Waals surface area contributed by atoms with Crippen LogP contribution in [0.1, 0.15) is 96.8 Å². The zero-order valence-electron chi connectivity index (χ0n) is 28.7. The van der Waals surface area contributed by atoms with E-state index in [1.165, 1.54) is 60.6 Å². The third kappa shape index (κ3) is 5.26. The van der Waals surface area contributed by atoms with Crippen molar-refractivity contribution in [2.75, 3.05) is 0 Å². The van der Waals surface area contributed by atoms with Crippen LogP contribution in [0.5, 0.6) is 0 Å². The predicted molar refractivity (Wildman–Crippen MR) is 194 cm³/mol. The van der Waals surface area contributed by atoms with Crippen LogP contribution in [0.15, 0.2) is 89.3 Å². The minimum absolute atomic E-state index is 0.0568. The van der Waals surface area contributed by atoms with Crippen molar-refractivity contribution in [1.82, 2.24) is 15.0 Å². The molecule has 0 aliphatic heterocycles. The molecule has 4 aromatic carbocycles. The van der Waals surface area contributed by atoms with Crippen LogP contribution in [0.3, 0.4) is 0 Å². The summed E-state index contributed by atoms with van der Waals surface area (Å²) in [5.74, 6) is 2.95. The van der Waals surface area contributed by atoms with E-state index >= 15 is 0 Å². The first-order valence-corrected chi connectivity index (χ1v) is 17.4. The minimum atomic E-state index is -0.162. The largest absolute Gasteiger partial charge is 0.455 e. The molecule has 0 saturated heterocycles. The van der Waals surface area contributed by atoms with Gasteiger partial charge in [-0.3, -0.25) is 0 Å². The zero-order chi connectivity index (χ0) is 32.6. The molecule has 4 heteroatoms. The predicted octanol–water partition coefficient (Wildman–Crippen LogP) is 11.6. The zero-order valence-corrected chi connectivity index (χ0v) is 28.7. The molecule has 2 heterocycles. The summed E-state index contributed by atoms with van der Waals surface area (Å²) in [6.07, 6.45) is 7.99. The molecular weight excluding hydrogens is 574 g/mol. The summed E-state index contributed by atoms with van der Waals surface area (Å²) in [4.78, 5) is 15.2. The van der Waals surface area contributed by atoms with Gasteiger partial charge in [-0.2, -0.15) is 0 Å². The number of hydrogen-bond donors (Lipinski definition) is 0. The van der Waals surface area contributed by atoms with Crippen LogP contribution >= 0.6 is 0 Å². The molecule has 3 aliphatic carbocycles. The Morgan fingerprint density at radius 2 is 1.00 bits per heavy atom. The van der Waals surface area contributed by atoms with Crippen molar-refractivity contribution in [2.45, 2.75) is 96.3 Å². The van der Waals surface area contributed by atoms with Crippen LogP contribution in [0.25, 0.3) is 56.1 Å². The number of benzene rings is 4. The topological polar surface area (TPSA) is 51.8 Å². The van der Waals surface area contributed by atoms with E-state index in [4.69, 9.17) is 19.4 Å². The molecule has 0 radical (unpaired) electrons. The lowest BCUT2D eigenvalue weighted by Gasteiger charge is -2.47. The Bertz CT molecular complexity index is 2030. The molecule has 9 rings (SSSR count). The summed E-state index contributed by atoms with van der Waals surface area (Å²) in [5.41, 5.74) is 8.97. The lowest BCUT2D eigenvalue weighted by molar-refractivity contribution is 0.136. The van der Waals surface area contributed by atoms with Gasteiger partial charge in [-0.1, -0.05) is 108 Å². The Morgan fingerprint density at radius 3 is 1.49 bits per heavy atom. The highest BCUT2D eigenvalue weighted by Gasteiger charge is 2.42. The Kier molecular flexibility index (Phi) is 6.95. The van der Waals surface area contributed by atoms with E-state index in [1.807, 2.05) is 36.4 Å². The molecule has 238 valence electrons. The standard InChI is InChI=1S/C43H45N3O/c1-41(2,3)34-24-30(40-45-38(28-13-9-7-10-14-28)44-39(46-40)29-15-11-8-12-16-29)23-32-33-25-31(43-20-17-27(18-21-43)19-22-43)26-35(42(4,5)6)37(33)47-36(32)34/h7-16,23-27H,17-22H2,1-6H3. The van der Waals surface area contributed by atoms with E-state index in [9.17, 15) is 0 Å². The van der Waals surface area contributed by atoms with E-state index in [0.29, 0.717) is 17.5 Å². The molecule has 0 amide bonds. The number of hydrogen-bond acceptors (Lipinski definition) is 4. The molecule has 0 spiro atoms. The highest BCUT2D eigenvalue weighted by Crippen LogP contribution is 2.53. The van der Waals surface area contributed by atoms with E-state index in [-0.39, 0.29) is 16.2 Å². The molecule has 3 fully saturated rings. The highest BCUT2D eigenvalue weighted by molar-refractivity contribution is 6.09. The van der Waals surface area contributed by atoms with Gasteiger partial charge in [0, 0.05) is 38.6 Å². The fraction of sp³-hybridized carbons (Fsp3) is 0.372. The first kappa shape index (κ1) is 30.1. The Hall–Kier alpha value is -4.31. The second-order valence-corrected chi connectivity index (χ2v) is 16.2. The lowest BCUT2D eigenvalue weighted by atomic mass is 9.57. The minimum Gasteiger partial charge on any atom is -0.455 e. The highest BCUT2D eigenvalue weighted by atomic mass is 16.3. The van der Waals surface area contributed by atoms with Crippen LogP contribution < -0.4 is 0 Å². The van der Waals surface area contributed by atoms with Crippen LogP contribution in [0, 0.1) is 5.92 Å². The maximum Gasteiger partial charge on any atom is 0.164 e. The molecule has 3 saturated carbocycles. The van der Waals surface area contributed by atoms with E-state index in [2.05, 4.69) is 90.1 Å². The first-order valence-electron chi connectivity index (χ1n) is 17.4. The number of nitrogens with zero attached hydrogens (tertiary/aromatic N) is 3. The maximum absolute atomic E-state index is 7.01. The van der Waals surface area contributed by atoms with Crippen molar-refractivity contribution in [3.8, 4) is 34.2 Å². The molecule has 4 nitrogen and oxygen atoms in total. The third-order valence-electron chi connectivity index (χ3n) is 11.0. The first-order chi connectivity index (χ1) is 22.5. The summed E-state index contributed by atoms with van der Waals surface area (Å²) < 4.78 is 7.01. The fourth-order valence-corrected chi connectivity index (χ4v) is 8.15. The fourth-order valence-electron chi connectivity index (χ4n) is 8.15. The average molecular weight is 620 g/mol. The molecule has 3 aliphatic rings. The number of rotatable bonds is 4. The Balaban J connectivity index is 1.41. The summed E-state index contributed by atoms with van der Waals surface area (Å²) in [6, 6.07) is 30.0. The normalized spacial score (nSPS) is 19.9. The molecule has 2 bridgehead atoms. The second-order valence-electron chi connectivity index (χ2n) is 16.2. The van der Waals surface area contributed by atoms with Crippen molar-refractivity contribution >= 4 is 21.9 Å². The van der Waals surface area contributed by atoms with Crippen LogP contribution in [0.4, 0.5) is 0 Å². The SMILES string of the molecule is CC(C)(C)c1cc(-c2nc(-c3ccccc3)nc(-c3ccccc3)n2)cc2c1oc1c(C(C)(C)C)cc(C34CCC(CC3)CC4)cc12. The second kappa shape index (κ2) is 10.9. The number of aromatic nitrogens is 3. The van der Waals surface area contributed by atoms with Crippen LogP contribution in [0.2, 0.25) is 0 Å². The van der Waals surface area contributed by atoms with E-state index in [0.717, 1.165) is 39.2 Å². The van der Waals surface area contributed by atoms with Crippen molar-refractivity contribution < 1.29 is 4.42 Å². The van der Waals surface area contributed by atoms with Crippen LogP contribution in [-0.2, 0) is 16.2 Å². The molecule has 6 aromatic rings. The third-order valence-corrected chi connectivity index (χ3v) is 11.0. The molecule has 0 unspecified atom stereocenters. The molecular formula is C43H45N3O. The van der Waals surface area contributed by atoms with Gasteiger partial charge in [-0.25, -0.2) is 15.0 Å². The average Bonchev–Trinajstić information content (AvgIpc) is 3.46. The summed E-state index contributed by atoms with van der Waals surface area (Å²) >= 11 is 0. The van der Waals surface area contributed by atoms with Gasteiger partial charge < -0.3 is 4.42 Å². The van der Waals surface area contributed by atoms with Crippen molar-refractivity contribution in [1.29, 1.82) is 0 Å². The summed E-state index contributed by atoms with van der Waals surface area (Å²) in [5, 5.41) is 2.37. The van der Waals surface area contributed by atoms with Gasteiger partial charge >= 0.3 is 0 Å². The van der Waals surface area contributed by atoms with Crippen molar-refractivity contribution in [3.63, 3.8) is 0 Å². The van der Waals surface area contributed by atoms with Crippen molar-refractivity contribution in [2.24, 2.45) is 5.92 Å². The summed E-state index contributed by atoms with van der Waals surface area (Å²) in [6.45, 7) is 13.8. The quantitative estimate of drug-likeness (QED) is 0.197. The maximum atomic E-state index is 7.01. The van der Waals surface area contributed by atoms with Crippen molar-refractivity contribution in [3.05, 3.63) is 102 Å². The smallest absolute Gasteiger partial charge is 0.164 e. The van der Waals surface area contributed by atoms with Gasteiger partial charge in [0.1, 0.15) is 11.2 Å². The Morgan fingerprint density at radius 1 is 0.553 bits per heavy atom. The van der Waals surface area contributed by atoms with E-state index < -0.39 is 0 Å². The number of fused-ring (bicyclic) bond motifs is 6. The molecule has 2 aromatic heterocycles.